The molecule has 212 valence electrons. The molecule has 0 amide bonds. The lowest BCUT2D eigenvalue weighted by Gasteiger charge is -2.24. The normalized spacial score (nSPS) is 13.2. The van der Waals surface area contributed by atoms with Gasteiger partial charge in [-0.2, -0.15) is 4.98 Å². The van der Waals surface area contributed by atoms with Gasteiger partial charge in [-0.05, 0) is 61.3 Å². The predicted octanol–water partition coefficient (Wildman–Crippen LogP) is 7.00. The molecule has 1 saturated carbocycles. The number of hydrogen-bond donors (Lipinski definition) is 0. The molecule has 0 aliphatic heterocycles. The summed E-state index contributed by atoms with van der Waals surface area (Å²) in [5.74, 6) is 1.36. The number of aryl methyl sites for hydroxylation is 3. The standard InChI is InChI=1S/C30H36N2O2.C3H5NO2/c1-4-6-11-29-28(30(32-21(3)31-29)34-26-18-16-25(33)17-19-26)20-22-12-14-24(15-13-22)27-10-8-7-9-23(27)5-2;1-3(5)6-4-2/h7-10,12-15,26H,4-6,11,16-20H2,1-3H3;2H2,1H3. The molecule has 0 spiro atoms. The lowest BCUT2D eigenvalue weighted by atomic mass is 9.95. The van der Waals surface area contributed by atoms with Crippen LogP contribution >= 0.6 is 0 Å². The summed E-state index contributed by atoms with van der Waals surface area (Å²) in [6.45, 7) is 10.5. The summed E-state index contributed by atoms with van der Waals surface area (Å²) in [5.41, 5.74) is 7.33. The average molecular weight is 544 g/mol. The second-order valence-corrected chi connectivity index (χ2v) is 10.1. The molecule has 0 unspecified atom stereocenters. The topological polar surface area (TPSA) is 90.7 Å². The van der Waals surface area contributed by atoms with Gasteiger partial charge in [0.1, 0.15) is 17.7 Å². The third-order valence-electron chi connectivity index (χ3n) is 6.94. The van der Waals surface area contributed by atoms with E-state index < -0.39 is 5.97 Å². The van der Waals surface area contributed by atoms with Gasteiger partial charge in [0.25, 0.3) is 0 Å². The number of rotatable bonds is 10. The van der Waals surface area contributed by atoms with Gasteiger partial charge in [-0.1, -0.05) is 74.0 Å². The Bertz CT molecular complexity index is 1280. The third kappa shape index (κ3) is 9.11. The minimum absolute atomic E-state index is 0.0534. The van der Waals surface area contributed by atoms with Gasteiger partial charge in [0, 0.05) is 38.5 Å². The van der Waals surface area contributed by atoms with Crippen LogP contribution in [0.5, 0.6) is 5.88 Å². The van der Waals surface area contributed by atoms with E-state index in [-0.39, 0.29) is 6.10 Å². The molecule has 40 heavy (non-hydrogen) atoms. The molecule has 3 aromatic rings. The number of nitrogens with zero attached hydrogens (tertiary/aromatic N) is 3. The van der Waals surface area contributed by atoms with Crippen LogP contribution in [0, 0.1) is 6.92 Å². The fraction of sp³-hybridized carbons (Fsp3) is 0.424. The van der Waals surface area contributed by atoms with E-state index in [1.165, 1.54) is 29.2 Å². The molecular weight excluding hydrogens is 502 g/mol. The molecule has 7 heteroatoms. The van der Waals surface area contributed by atoms with E-state index in [4.69, 9.17) is 14.7 Å². The molecule has 1 aliphatic carbocycles. The monoisotopic (exact) mass is 543 g/mol. The second kappa shape index (κ2) is 15.7. The summed E-state index contributed by atoms with van der Waals surface area (Å²) in [6.07, 6.45) is 7.72. The van der Waals surface area contributed by atoms with Gasteiger partial charge in [-0.25, -0.2) is 9.78 Å². The molecule has 0 radical (unpaired) electrons. The van der Waals surface area contributed by atoms with Crippen molar-refractivity contribution in [2.24, 2.45) is 5.16 Å². The summed E-state index contributed by atoms with van der Waals surface area (Å²) in [5, 5.41) is 2.84. The number of carbonyl (C=O) groups is 2. The molecule has 0 bridgehead atoms. The van der Waals surface area contributed by atoms with E-state index in [0.29, 0.717) is 24.5 Å². The number of unbranched alkanes of at least 4 members (excludes halogenated alkanes) is 1. The van der Waals surface area contributed by atoms with Gasteiger partial charge in [-0.3, -0.25) is 4.79 Å². The predicted molar refractivity (Wildman–Crippen MR) is 159 cm³/mol. The van der Waals surface area contributed by atoms with Crippen LogP contribution in [0.2, 0.25) is 0 Å². The molecule has 1 heterocycles. The second-order valence-electron chi connectivity index (χ2n) is 10.1. The summed E-state index contributed by atoms with van der Waals surface area (Å²) >= 11 is 0. The van der Waals surface area contributed by atoms with Gasteiger partial charge >= 0.3 is 5.97 Å². The Morgan fingerprint density at radius 1 is 1.05 bits per heavy atom. The van der Waals surface area contributed by atoms with Crippen molar-refractivity contribution in [2.75, 3.05) is 0 Å². The van der Waals surface area contributed by atoms with Crippen molar-refractivity contribution < 1.29 is 19.2 Å². The quantitative estimate of drug-likeness (QED) is 0.155. The first kappa shape index (κ1) is 30.7. The molecule has 2 aromatic carbocycles. The van der Waals surface area contributed by atoms with E-state index in [1.807, 2.05) is 6.92 Å². The lowest BCUT2D eigenvalue weighted by molar-refractivity contribution is -0.140. The van der Waals surface area contributed by atoms with Crippen molar-refractivity contribution in [3.8, 4) is 17.0 Å². The maximum atomic E-state index is 11.7. The van der Waals surface area contributed by atoms with Crippen LogP contribution in [-0.4, -0.2) is 34.5 Å². The van der Waals surface area contributed by atoms with E-state index >= 15 is 0 Å². The van der Waals surface area contributed by atoms with Crippen molar-refractivity contribution in [2.45, 2.75) is 91.6 Å². The number of aromatic nitrogens is 2. The van der Waals surface area contributed by atoms with Crippen LogP contribution in [-0.2, 0) is 33.7 Å². The maximum absolute atomic E-state index is 11.7. The molecule has 1 aromatic heterocycles. The van der Waals surface area contributed by atoms with E-state index in [0.717, 1.165) is 62.0 Å². The zero-order valence-corrected chi connectivity index (χ0v) is 24.2. The third-order valence-corrected chi connectivity index (χ3v) is 6.94. The molecule has 1 fully saturated rings. The van der Waals surface area contributed by atoms with Gasteiger partial charge in [0.15, 0.2) is 0 Å². The summed E-state index contributed by atoms with van der Waals surface area (Å²) in [7, 11) is 0. The Morgan fingerprint density at radius 3 is 2.35 bits per heavy atom. The van der Waals surface area contributed by atoms with Crippen molar-refractivity contribution in [3.63, 3.8) is 0 Å². The molecule has 7 nitrogen and oxygen atoms in total. The zero-order chi connectivity index (χ0) is 28.9. The van der Waals surface area contributed by atoms with Crippen molar-refractivity contribution in [1.29, 1.82) is 0 Å². The Balaban J connectivity index is 0.000000663. The van der Waals surface area contributed by atoms with Gasteiger partial charge < -0.3 is 9.57 Å². The Kier molecular flexibility index (Phi) is 12.0. The number of Topliss-reactive ketones (excluding diaryl/α,β-unsaturated/α-hetero) is 1. The van der Waals surface area contributed by atoms with E-state index in [1.54, 1.807) is 0 Å². The van der Waals surface area contributed by atoms with Crippen molar-refractivity contribution in [1.82, 2.24) is 9.97 Å². The first-order valence-corrected chi connectivity index (χ1v) is 14.2. The van der Waals surface area contributed by atoms with Crippen LogP contribution in [0.3, 0.4) is 0 Å². The van der Waals surface area contributed by atoms with E-state index in [9.17, 15) is 9.59 Å². The molecule has 4 rings (SSSR count). The Morgan fingerprint density at radius 2 is 1.75 bits per heavy atom. The molecule has 0 saturated heterocycles. The Labute approximate surface area is 238 Å². The SMILES string of the molecule is C=NOC(C)=O.CCCCc1nc(C)nc(OC2CCC(=O)CC2)c1Cc1ccc(-c2ccccc2CC)cc1. The summed E-state index contributed by atoms with van der Waals surface area (Å²) in [6, 6.07) is 17.5. The van der Waals surface area contributed by atoms with E-state index in [2.05, 4.69) is 79.1 Å². The highest BCUT2D eigenvalue weighted by molar-refractivity contribution is 5.79. The fourth-order valence-electron chi connectivity index (χ4n) is 4.85. The minimum Gasteiger partial charge on any atom is -0.474 e. The highest BCUT2D eigenvalue weighted by Crippen LogP contribution is 2.30. The number of hydrogen-bond acceptors (Lipinski definition) is 7. The highest BCUT2D eigenvalue weighted by Gasteiger charge is 2.23. The molecule has 1 aliphatic rings. The number of oxime groups is 1. The van der Waals surface area contributed by atoms with Crippen molar-refractivity contribution >= 4 is 18.5 Å². The van der Waals surface area contributed by atoms with Gasteiger partial charge in [-0.15, -0.1) is 0 Å². The molecule has 0 atom stereocenters. The van der Waals surface area contributed by atoms with Gasteiger partial charge in [0.05, 0.1) is 5.69 Å². The van der Waals surface area contributed by atoms with Crippen LogP contribution in [0.1, 0.15) is 87.5 Å². The molecule has 0 N–H and O–H groups in total. The van der Waals surface area contributed by atoms with Crippen LogP contribution in [0.4, 0.5) is 0 Å². The average Bonchev–Trinajstić information content (AvgIpc) is 2.95. The molecular formula is C33H41N3O4. The summed E-state index contributed by atoms with van der Waals surface area (Å²) < 4.78 is 6.43. The first-order valence-electron chi connectivity index (χ1n) is 14.2. The highest BCUT2D eigenvalue weighted by atomic mass is 16.7. The number of ketones is 1. The fourth-order valence-corrected chi connectivity index (χ4v) is 4.85. The maximum Gasteiger partial charge on any atom is 0.331 e. The largest absolute Gasteiger partial charge is 0.474 e. The number of benzene rings is 2. The summed E-state index contributed by atoms with van der Waals surface area (Å²) in [4.78, 5) is 34.8. The lowest BCUT2D eigenvalue weighted by Crippen LogP contribution is -2.25. The van der Waals surface area contributed by atoms with Crippen LogP contribution < -0.4 is 4.74 Å². The van der Waals surface area contributed by atoms with Crippen molar-refractivity contribution in [3.05, 3.63) is 76.7 Å². The minimum atomic E-state index is -0.440. The Hall–Kier alpha value is -3.87. The first-order chi connectivity index (χ1) is 19.3. The zero-order valence-electron chi connectivity index (χ0n) is 24.2. The number of ether oxygens (including phenoxy) is 1. The van der Waals surface area contributed by atoms with Crippen LogP contribution in [0.25, 0.3) is 11.1 Å². The van der Waals surface area contributed by atoms with Crippen LogP contribution in [0.15, 0.2) is 53.7 Å². The van der Waals surface area contributed by atoms with Gasteiger partial charge in [0.2, 0.25) is 5.88 Å². The number of carbonyl (C=O) groups excluding carboxylic acids is 2. The smallest absolute Gasteiger partial charge is 0.331 e.